The fourth-order valence-electron chi connectivity index (χ4n) is 6.27. The SMILES string of the molecule is [2H]c1c([2H])c([2H])c2c(c1[2H])c1c([2H])c([2H])c([2H])c([2H])c1n2-c1ccc(-c2ccccc2-c2ccccc2)cc1-c1nc(-c2ccccc2)nc(-c2ccccc2)n1. The Morgan fingerprint density at radius 2 is 0.837 bits per heavy atom. The van der Waals surface area contributed by atoms with Crippen LogP contribution < -0.4 is 0 Å². The van der Waals surface area contributed by atoms with E-state index in [4.69, 9.17) is 23.2 Å². The van der Waals surface area contributed by atoms with Crippen molar-refractivity contribution >= 4 is 21.8 Å². The minimum absolute atomic E-state index is 0.00214. The molecule has 2 aromatic heterocycles. The van der Waals surface area contributed by atoms with Gasteiger partial charge in [0.2, 0.25) is 0 Å². The maximum absolute atomic E-state index is 9.20. The van der Waals surface area contributed by atoms with Crippen molar-refractivity contribution in [2.75, 3.05) is 0 Å². The first-order valence-electron chi connectivity index (χ1n) is 19.8. The molecule has 0 amide bonds. The average Bonchev–Trinajstić information content (AvgIpc) is 3.63. The van der Waals surface area contributed by atoms with Crippen molar-refractivity contribution in [1.29, 1.82) is 0 Å². The Labute approximate surface area is 295 Å². The Balaban J connectivity index is 1.45. The fourth-order valence-corrected chi connectivity index (χ4v) is 6.27. The van der Waals surface area contributed by atoms with Crippen molar-refractivity contribution in [3.63, 3.8) is 0 Å². The Hall–Kier alpha value is -6.65. The van der Waals surface area contributed by atoms with E-state index in [9.17, 15) is 2.74 Å². The van der Waals surface area contributed by atoms with Gasteiger partial charge in [-0.05, 0) is 46.5 Å². The summed E-state index contributed by atoms with van der Waals surface area (Å²) in [5, 5.41) is -0.0314. The molecule has 7 aromatic carbocycles. The van der Waals surface area contributed by atoms with Crippen molar-refractivity contribution < 1.29 is 11.0 Å². The zero-order chi connectivity index (χ0) is 39.5. The first kappa shape index (κ1) is 21.3. The van der Waals surface area contributed by atoms with Crippen LogP contribution >= 0.6 is 0 Å². The number of hydrogen-bond donors (Lipinski definition) is 0. The third-order valence-corrected chi connectivity index (χ3v) is 8.53. The van der Waals surface area contributed by atoms with Crippen LogP contribution in [0, 0.1) is 0 Å². The van der Waals surface area contributed by atoms with Crippen LogP contribution in [0.4, 0.5) is 0 Å². The molecule has 0 saturated heterocycles. The van der Waals surface area contributed by atoms with Gasteiger partial charge in [-0.25, -0.2) is 15.0 Å². The van der Waals surface area contributed by atoms with Crippen LogP contribution in [0.25, 0.3) is 83.9 Å². The summed E-state index contributed by atoms with van der Waals surface area (Å²) in [6.07, 6.45) is 0. The van der Waals surface area contributed by atoms with Crippen molar-refractivity contribution in [2.45, 2.75) is 0 Å². The molecular formula is C45H30N4. The second-order valence-electron chi connectivity index (χ2n) is 11.5. The number of rotatable bonds is 6. The second-order valence-corrected chi connectivity index (χ2v) is 11.5. The standard InChI is InChI=1S/C45H30N4/c1-4-16-31(17-5-1)35-22-10-11-23-36(35)34-28-29-42(49-40-26-14-12-24-37(40)38-25-13-15-27-41(38)49)39(30-34)45-47-43(32-18-6-2-7-19-32)46-44(48-45)33-20-8-3-9-21-33/h1-30H/i12D,13D,14D,15D,24D,25D,26D,27D. The highest BCUT2D eigenvalue weighted by molar-refractivity contribution is 6.09. The fraction of sp³-hybridized carbons (Fsp3) is 0. The van der Waals surface area contributed by atoms with E-state index in [0.29, 0.717) is 22.9 Å². The van der Waals surface area contributed by atoms with Crippen LogP contribution in [-0.2, 0) is 0 Å². The Kier molecular flexibility index (Phi) is 5.29. The summed E-state index contributed by atoms with van der Waals surface area (Å²) in [5.41, 5.74) is 5.94. The van der Waals surface area contributed by atoms with Gasteiger partial charge in [-0.2, -0.15) is 0 Å². The molecule has 9 rings (SSSR count). The van der Waals surface area contributed by atoms with E-state index in [1.54, 1.807) is 6.07 Å². The molecule has 0 saturated carbocycles. The number of aromatic nitrogens is 4. The molecule has 9 aromatic rings. The lowest BCUT2D eigenvalue weighted by Crippen LogP contribution is -2.04. The molecule has 2 heterocycles. The Morgan fingerprint density at radius 1 is 0.388 bits per heavy atom. The quantitative estimate of drug-likeness (QED) is 0.183. The molecule has 230 valence electrons. The minimum atomic E-state index is -0.510. The highest BCUT2D eigenvalue weighted by Gasteiger charge is 2.20. The van der Waals surface area contributed by atoms with Gasteiger partial charge in [0.05, 0.1) is 27.7 Å². The van der Waals surface area contributed by atoms with E-state index in [0.717, 1.165) is 33.4 Å². The first-order valence-corrected chi connectivity index (χ1v) is 15.8. The number of nitrogens with zero attached hydrogens (tertiary/aromatic N) is 4. The summed E-state index contributed by atoms with van der Waals surface area (Å²) >= 11 is 0. The van der Waals surface area contributed by atoms with Crippen molar-refractivity contribution in [2.24, 2.45) is 0 Å². The van der Waals surface area contributed by atoms with Gasteiger partial charge in [0.1, 0.15) is 0 Å². The summed E-state index contributed by atoms with van der Waals surface area (Å²) in [6, 6.07) is 39.0. The predicted octanol–water partition coefficient (Wildman–Crippen LogP) is 11.3. The molecule has 0 aliphatic heterocycles. The molecule has 0 spiro atoms. The van der Waals surface area contributed by atoms with Crippen LogP contribution in [0.5, 0.6) is 0 Å². The Bertz CT molecular complexity index is 2910. The summed E-state index contributed by atoms with van der Waals surface area (Å²) in [6.45, 7) is 0. The van der Waals surface area contributed by atoms with Crippen molar-refractivity contribution in [3.05, 3.63) is 182 Å². The lowest BCUT2D eigenvalue weighted by atomic mass is 9.93. The van der Waals surface area contributed by atoms with Gasteiger partial charge in [0.25, 0.3) is 0 Å². The van der Waals surface area contributed by atoms with E-state index < -0.39 is 48.3 Å². The van der Waals surface area contributed by atoms with Crippen LogP contribution in [0.2, 0.25) is 0 Å². The summed E-state index contributed by atoms with van der Waals surface area (Å²) < 4.78 is 72.4. The topological polar surface area (TPSA) is 43.6 Å². The smallest absolute Gasteiger partial charge is 0.166 e. The average molecular weight is 635 g/mol. The van der Waals surface area contributed by atoms with Gasteiger partial charge in [0.15, 0.2) is 17.5 Å². The third kappa shape index (κ3) is 5.16. The molecule has 0 bridgehead atoms. The van der Waals surface area contributed by atoms with Crippen LogP contribution in [0.15, 0.2) is 182 Å². The Morgan fingerprint density at radius 3 is 1.39 bits per heavy atom. The zero-order valence-electron chi connectivity index (χ0n) is 34.0. The van der Waals surface area contributed by atoms with Crippen LogP contribution in [-0.4, -0.2) is 19.5 Å². The monoisotopic (exact) mass is 634 g/mol. The first-order chi connectivity index (χ1) is 27.6. The maximum atomic E-state index is 9.20. The van der Waals surface area contributed by atoms with Gasteiger partial charge in [-0.1, -0.05) is 158 Å². The van der Waals surface area contributed by atoms with Gasteiger partial charge in [-0.15, -0.1) is 0 Å². The molecule has 0 atom stereocenters. The summed E-state index contributed by atoms with van der Waals surface area (Å²) in [5.74, 6) is 1.03. The number of hydrogen-bond acceptors (Lipinski definition) is 3. The van der Waals surface area contributed by atoms with Gasteiger partial charge < -0.3 is 4.57 Å². The minimum Gasteiger partial charge on any atom is -0.309 e. The molecule has 0 aliphatic rings. The lowest BCUT2D eigenvalue weighted by molar-refractivity contribution is 1.06. The highest BCUT2D eigenvalue weighted by atomic mass is 15.1. The van der Waals surface area contributed by atoms with Crippen molar-refractivity contribution in [3.8, 4) is 62.1 Å². The summed E-state index contributed by atoms with van der Waals surface area (Å²) in [4.78, 5) is 15.0. The van der Waals surface area contributed by atoms with E-state index in [1.807, 2.05) is 127 Å². The highest BCUT2D eigenvalue weighted by Crippen LogP contribution is 2.40. The van der Waals surface area contributed by atoms with Crippen LogP contribution in [0.3, 0.4) is 0 Å². The third-order valence-electron chi connectivity index (χ3n) is 8.53. The second kappa shape index (κ2) is 12.2. The van der Waals surface area contributed by atoms with E-state index in [-0.39, 0.29) is 27.6 Å². The lowest BCUT2D eigenvalue weighted by Gasteiger charge is -2.17. The normalized spacial score (nSPS) is 13.6. The molecule has 4 heteroatoms. The molecule has 0 fully saturated rings. The molecule has 0 radical (unpaired) electrons. The maximum Gasteiger partial charge on any atom is 0.166 e. The van der Waals surface area contributed by atoms with Gasteiger partial charge in [0, 0.05) is 27.5 Å². The molecule has 0 N–H and O–H groups in total. The zero-order valence-corrected chi connectivity index (χ0v) is 26.0. The molecule has 0 unspecified atom stereocenters. The van der Waals surface area contributed by atoms with E-state index >= 15 is 0 Å². The van der Waals surface area contributed by atoms with Gasteiger partial charge >= 0.3 is 0 Å². The summed E-state index contributed by atoms with van der Waals surface area (Å²) in [7, 11) is 0. The van der Waals surface area contributed by atoms with Crippen LogP contribution in [0.1, 0.15) is 11.0 Å². The predicted molar refractivity (Wildman–Crippen MR) is 201 cm³/mol. The van der Waals surface area contributed by atoms with E-state index in [1.165, 1.54) is 4.57 Å². The largest absolute Gasteiger partial charge is 0.309 e. The molecule has 4 nitrogen and oxygen atoms in total. The van der Waals surface area contributed by atoms with Crippen molar-refractivity contribution in [1.82, 2.24) is 19.5 Å². The number of benzene rings is 7. The van der Waals surface area contributed by atoms with Gasteiger partial charge in [-0.3, -0.25) is 0 Å². The van der Waals surface area contributed by atoms with E-state index in [2.05, 4.69) is 0 Å². The molecule has 49 heavy (non-hydrogen) atoms. The number of fused-ring (bicyclic) bond motifs is 3. The number of para-hydroxylation sites is 2. The molecule has 0 aliphatic carbocycles. The molecular weight excluding hydrogens is 597 g/mol.